The number of hydrogen-bond donors (Lipinski definition) is 1. The minimum atomic E-state index is 0.343. The predicted octanol–water partition coefficient (Wildman–Crippen LogP) is 3.99. The Morgan fingerprint density at radius 3 is 2.50 bits per heavy atom. The molecule has 0 aromatic heterocycles. The van der Waals surface area contributed by atoms with Crippen LogP contribution in [0.5, 0.6) is 0 Å². The Morgan fingerprint density at radius 2 is 1.89 bits per heavy atom. The molecular formula is C16H33NO. The van der Waals surface area contributed by atoms with Crippen LogP contribution in [0.1, 0.15) is 66.7 Å². The van der Waals surface area contributed by atoms with Crippen molar-refractivity contribution in [3.05, 3.63) is 0 Å². The van der Waals surface area contributed by atoms with Gasteiger partial charge >= 0.3 is 0 Å². The average Bonchev–Trinajstić information content (AvgIpc) is 2.32. The summed E-state index contributed by atoms with van der Waals surface area (Å²) in [6.07, 6.45) is 7.17. The molecule has 0 radical (unpaired) electrons. The Labute approximate surface area is 114 Å². The van der Waals surface area contributed by atoms with E-state index in [-0.39, 0.29) is 0 Å². The van der Waals surface area contributed by atoms with E-state index in [1.165, 1.54) is 32.1 Å². The van der Waals surface area contributed by atoms with Gasteiger partial charge in [0.05, 0.1) is 12.2 Å². The zero-order valence-electron chi connectivity index (χ0n) is 13.0. The standard InChI is InChI=1S/C16H33NO/c1-6-7-14(4)17-11-15(5)18-16-9-8-12(2)13(3)10-16/h12-17H,6-11H2,1-5H3. The normalized spacial score (nSPS) is 32.2. The van der Waals surface area contributed by atoms with Crippen LogP contribution in [0.3, 0.4) is 0 Å². The fourth-order valence-electron chi connectivity index (χ4n) is 2.90. The van der Waals surface area contributed by atoms with Gasteiger partial charge in [-0.15, -0.1) is 0 Å². The molecule has 0 aromatic rings. The van der Waals surface area contributed by atoms with Gasteiger partial charge in [0.25, 0.3) is 0 Å². The van der Waals surface area contributed by atoms with E-state index in [4.69, 9.17) is 4.74 Å². The third-order valence-corrected chi connectivity index (χ3v) is 4.45. The van der Waals surface area contributed by atoms with Crippen molar-refractivity contribution in [1.82, 2.24) is 5.32 Å². The van der Waals surface area contributed by atoms with E-state index < -0.39 is 0 Å². The molecule has 1 rings (SSSR count). The summed E-state index contributed by atoms with van der Waals surface area (Å²) in [5.41, 5.74) is 0. The number of hydrogen-bond acceptors (Lipinski definition) is 2. The lowest BCUT2D eigenvalue weighted by Gasteiger charge is -2.33. The minimum Gasteiger partial charge on any atom is -0.374 e. The third-order valence-electron chi connectivity index (χ3n) is 4.45. The highest BCUT2D eigenvalue weighted by atomic mass is 16.5. The monoisotopic (exact) mass is 255 g/mol. The van der Waals surface area contributed by atoms with Crippen molar-refractivity contribution in [1.29, 1.82) is 0 Å². The maximum Gasteiger partial charge on any atom is 0.0675 e. The molecule has 5 atom stereocenters. The molecule has 0 bridgehead atoms. The Balaban J connectivity index is 2.17. The summed E-state index contributed by atoms with van der Waals surface area (Å²) in [6.45, 7) is 12.4. The van der Waals surface area contributed by atoms with Crippen LogP contribution in [-0.4, -0.2) is 24.8 Å². The Hall–Kier alpha value is -0.0800. The van der Waals surface area contributed by atoms with Crippen molar-refractivity contribution in [2.45, 2.75) is 85.0 Å². The molecule has 0 aliphatic heterocycles. The molecule has 1 aliphatic rings. The van der Waals surface area contributed by atoms with Gasteiger partial charge in [-0.25, -0.2) is 0 Å². The second-order valence-electron chi connectivity index (χ2n) is 6.43. The van der Waals surface area contributed by atoms with Crippen molar-refractivity contribution >= 4 is 0 Å². The average molecular weight is 255 g/mol. The summed E-state index contributed by atoms with van der Waals surface area (Å²) in [6, 6.07) is 0.617. The van der Waals surface area contributed by atoms with Gasteiger partial charge in [0.15, 0.2) is 0 Å². The molecule has 0 spiro atoms. The molecule has 1 saturated carbocycles. The zero-order chi connectivity index (χ0) is 13.5. The molecule has 0 amide bonds. The molecule has 5 unspecified atom stereocenters. The molecule has 1 fully saturated rings. The molecule has 0 aromatic carbocycles. The van der Waals surface area contributed by atoms with Crippen LogP contribution >= 0.6 is 0 Å². The van der Waals surface area contributed by atoms with E-state index in [0.29, 0.717) is 18.2 Å². The van der Waals surface area contributed by atoms with E-state index in [1.54, 1.807) is 0 Å². The highest BCUT2D eigenvalue weighted by molar-refractivity contribution is 4.76. The first-order chi connectivity index (χ1) is 8.52. The van der Waals surface area contributed by atoms with E-state index in [0.717, 1.165) is 18.4 Å². The van der Waals surface area contributed by atoms with Crippen LogP contribution in [0.15, 0.2) is 0 Å². The lowest BCUT2D eigenvalue weighted by atomic mass is 9.80. The first-order valence-corrected chi connectivity index (χ1v) is 7.91. The van der Waals surface area contributed by atoms with Crippen molar-refractivity contribution in [2.75, 3.05) is 6.54 Å². The first-order valence-electron chi connectivity index (χ1n) is 7.91. The van der Waals surface area contributed by atoms with Crippen molar-refractivity contribution in [2.24, 2.45) is 11.8 Å². The molecule has 0 heterocycles. The van der Waals surface area contributed by atoms with Crippen LogP contribution in [-0.2, 0) is 4.74 Å². The third kappa shape index (κ3) is 5.71. The van der Waals surface area contributed by atoms with Crippen LogP contribution in [0.25, 0.3) is 0 Å². The summed E-state index contributed by atoms with van der Waals surface area (Å²) in [4.78, 5) is 0. The second kappa shape index (κ2) is 8.16. The van der Waals surface area contributed by atoms with Gasteiger partial charge in [0, 0.05) is 12.6 Å². The number of nitrogens with one attached hydrogen (secondary N) is 1. The van der Waals surface area contributed by atoms with Crippen LogP contribution in [0.2, 0.25) is 0 Å². The van der Waals surface area contributed by atoms with Gasteiger partial charge in [-0.1, -0.05) is 27.2 Å². The molecule has 2 heteroatoms. The highest BCUT2D eigenvalue weighted by Crippen LogP contribution is 2.31. The zero-order valence-corrected chi connectivity index (χ0v) is 13.0. The lowest BCUT2D eigenvalue weighted by molar-refractivity contribution is -0.0391. The van der Waals surface area contributed by atoms with Crippen LogP contribution in [0, 0.1) is 11.8 Å². The van der Waals surface area contributed by atoms with E-state index in [9.17, 15) is 0 Å². The highest BCUT2D eigenvalue weighted by Gasteiger charge is 2.26. The van der Waals surface area contributed by atoms with Gasteiger partial charge in [-0.3, -0.25) is 0 Å². The largest absolute Gasteiger partial charge is 0.374 e. The molecular weight excluding hydrogens is 222 g/mol. The SMILES string of the molecule is CCCC(C)NCC(C)OC1CCC(C)C(C)C1. The predicted molar refractivity (Wildman–Crippen MR) is 78.9 cm³/mol. The summed E-state index contributed by atoms with van der Waals surface area (Å²) >= 11 is 0. The van der Waals surface area contributed by atoms with E-state index in [1.807, 2.05) is 0 Å². The molecule has 18 heavy (non-hydrogen) atoms. The van der Waals surface area contributed by atoms with Crippen molar-refractivity contribution in [3.8, 4) is 0 Å². The van der Waals surface area contributed by atoms with Gasteiger partial charge in [-0.05, 0) is 51.4 Å². The van der Waals surface area contributed by atoms with Gasteiger partial charge in [0.1, 0.15) is 0 Å². The summed E-state index contributed by atoms with van der Waals surface area (Å²) < 4.78 is 6.18. The summed E-state index contributed by atoms with van der Waals surface area (Å²) in [7, 11) is 0. The second-order valence-corrected chi connectivity index (χ2v) is 6.43. The van der Waals surface area contributed by atoms with Gasteiger partial charge in [-0.2, -0.15) is 0 Å². The maximum atomic E-state index is 6.18. The molecule has 108 valence electrons. The van der Waals surface area contributed by atoms with Gasteiger partial charge < -0.3 is 10.1 Å². The quantitative estimate of drug-likeness (QED) is 0.742. The fraction of sp³-hybridized carbons (Fsp3) is 1.00. The minimum absolute atomic E-state index is 0.343. The Kier molecular flexibility index (Phi) is 7.25. The summed E-state index contributed by atoms with van der Waals surface area (Å²) in [5, 5.41) is 3.57. The Bertz CT molecular complexity index is 219. The fourth-order valence-corrected chi connectivity index (χ4v) is 2.90. The van der Waals surface area contributed by atoms with Crippen LogP contribution in [0.4, 0.5) is 0 Å². The lowest BCUT2D eigenvalue weighted by Crippen LogP contribution is -2.37. The number of ether oxygens (including phenoxy) is 1. The van der Waals surface area contributed by atoms with Crippen molar-refractivity contribution in [3.63, 3.8) is 0 Å². The first kappa shape index (κ1) is 16.0. The van der Waals surface area contributed by atoms with E-state index >= 15 is 0 Å². The van der Waals surface area contributed by atoms with Crippen LogP contribution < -0.4 is 5.32 Å². The summed E-state index contributed by atoms with van der Waals surface area (Å²) in [5.74, 6) is 1.70. The van der Waals surface area contributed by atoms with Crippen molar-refractivity contribution < 1.29 is 4.74 Å². The number of rotatable bonds is 7. The topological polar surface area (TPSA) is 21.3 Å². The molecule has 1 aliphatic carbocycles. The maximum absolute atomic E-state index is 6.18. The molecule has 1 N–H and O–H groups in total. The molecule has 0 saturated heterocycles. The van der Waals surface area contributed by atoms with E-state index in [2.05, 4.69) is 39.9 Å². The Morgan fingerprint density at radius 1 is 1.17 bits per heavy atom. The van der Waals surface area contributed by atoms with Gasteiger partial charge in [0.2, 0.25) is 0 Å². The molecule has 2 nitrogen and oxygen atoms in total. The smallest absolute Gasteiger partial charge is 0.0675 e.